The van der Waals surface area contributed by atoms with Gasteiger partial charge in [0.2, 0.25) is 0 Å². The fraction of sp³-hybridized carbons (Fsp3) is 0.583. The summed E-state index contributed by atoms with van der Waals surface area (Å²) in [6.45, 7) is 0.168. The molecule has 0 unspecified atom stereocenters. The van der Waals surface area contributed by atoms with Crippen LogP contribution < -0.4 is 11.1 Å². The number of hydrogen-bond donors (Lipinski definition) is 3. The maximum Gasteiger partial charge on any atom is 0.0661 e. The number of nitrogens with zero attached hydrogens (tertiary/aromatic N) is 1. The lowest BCUT2D eigenvalue weighted by molar-refractivity contribution is 0.173. The summed E-state index contributed by atoms with van der Waals surface area (Å²) in [7, 11) is 0. The maximum absolute atomic E-state index is 9.56. The molecule has 1 saturated carbocycles. The Morgan fingerprint density at radius 1 is 1.31 bits per heavy atom. The van der Waals surface area contributed by atoms with E-state index in [1.807, 2.05) is 6.07 Å². The van der Waals surface area contributed by atoms with Crippen molar-refractivity contribution in [2.75, 3.05) is 17.7 Å². The van der Waals surface area contributed by atoms with Gasteiger partial charge in [-0.1, -0.05) is 19.3 Å². The second-order valence-corrected chi connectivity index (χ2v) is 4.63. The Kier molecular flexibility index (Phi) is 3.29. The molecule has 0 aliphatic heterocycles. The Morgan fingerprint density at radius 3 is 2.69 bits per heavy atom. The average molecular weight is 221 g/mol. The number of nitrogen functional groups attached to an aromatic ring is 1. The molecule has 1 heterocycles. The van der Waals surface area contributed by atoms with Gasteiger partial charge in [0.05, 0.1) is 29.7 Å². The van der Waals surface area contributed by atoms with Gasteiger partial charge in [0, 0.05) is 6.20 Å². The van der Waals surface area contributed by atoms with Crippen molar-refractivity contribution in [3.63, 3.8) is 0 Å². The lowest BCUT2D eigenvalue weighted by Crippen LogP contribution is -2.43. The highest BCUT2D eigenvalue weighted by Crippen LogP contribution is 2.31. The predicted octanol–water partition coefficient (Wildman–Crippen LogP) is 1.77. The molecule has 4 heteroatoms. The minimum absolute atomic E-state index is 0.168. The Balaban J connectivity index is 2.11. The number of aliphatic hydroxyl groups is 1. The standard InChI is InChI=1S/C12H19N3O/c13-10-6-11(8-14-7-10)15-12(9-16)4-2-1-3-5-12/h6-8,15-16H,1-5,9,13H2. The van der Waals surface area contributed by atoms with Gasteiger partial charge in [-0.05, 0) is 18.9 Å². The first-order valence-electron chi connectivity index (χ1n) is 5.84. The van der Waals surface area contributed by atoms with Crippen molar-refractivity contribution in [1.82, 2.24) is 4.98 Å². The van der Waals surface area contributed by atoms with E-state index in [2.05, 4.69) is 10.3 Å². The van der Waals surface area contributed by atoms with Gasteiger partial charge in [-0.25, -0.2) is 0 Å². The van der Waals surface area contributed by atoms with Gasteiger partial charge in [0.1, 0.15) is 0 Å². The van der Waals surface area contributed by atoms with Crippen molar-refractivity contribution in [2.24, 2.45) is 0 Å². The molecule has 2 rings (SSSR count). The van der Waals surface area contributed by atoms with E-state index < -0.39 is 0 Å². The van der Waals surface area contributed by atoms with E-state index in [4.69, 9.17) is 5.73 Å². The number of aliphatic hydroxyl groups excluding tert-OH is 1. The summed E-state index contributed by atoms with van der Waals surface area (Å²) in [5, 5.41) is 13.0. The fourth-order valence-electron chi connectivity index (χ4n) is 2.38. The third-order valence-corrected chi connectivity index (χ3v) is 3.28. The van der Waals surface area contributed by atoms with E-state index in [1.165, 1.54) is 19.3 Å². The molecular weight excluding hydrogens is 202 g/mol. The van der Waals surface area contributed by atoms with Gasteiger partial charge in [0.15, 0.2) is 0 Å². The normalized spacial score (nSPS) is 19.3. The Bertz CT molecular complexity index is 348. The average Bonchev–Trinajstić information content (AvgIpc) is 2.30. The number of anilines is 2. The minimum atomic E-state index is -0.173. The van der Waals surface area contributed by atoms with Crippen molar-refractivity contribution in [3.8, 4) is 0 Å². The first-order valence-corrected chi connectivity index (χ1v) is 5.84. The quantitative estimate of drug-likeness (QED) is 0.727. The number of nitrogens with two attached hydrogens (primary N) is 1. The van der Waals surface area contributed by atoms with Crippen LogP contribution >= 0.6 is 0 Å². The predicted molar refractivity (Wildman–Crippen MR) is 65.2 cm³/mol. The van der Waals surface area contributed by atoms with Crippen LogP contribution in [0.25, 0.3) is 0 Å². The van der Waals surface area contributed by atoms with Crippen molar-refractivity contribution < 1.29 is 5.11 Å². The van der Waals surface area contributed by atoms with Gasteiger partial charge in [0.25, 0.3) is 0 Å². The molecule has 1 aliphatic rings. The molecule has 0 bridgehead atoms. The first kappa shape index (κ1) is 11.2. The zero-order valence-electron chi connectivity index (χ0n) is 9.45. The molecule has 0 spiro atoms. The minimum Gasteiger partial charge on any atom is -0.397 e. The summed E-state index contributed by atoms with van der Waals surface area (Å²) in [5.74, 6) is 0. The third kappa shape index (κ3) is 2.44. The number of rotatable bonds is 3. The zero-order valence-corrected chi connectivity index (χ0v) is 9.45. The molecule has 1 fully saturated rings. The molecule has 0 radical (unpaired) electrons. The molecule has 1 aliphatic carbocycles. The monoisotopic (exact) mass is 221 g/mol. The highest BCUT2D eigenvalue weighted by Gasteiger charge is 2.31. The van der Waals surface area contributed by atoms with Crippen LogP contribution in [0.1, 0.15) is 32.1 Å². The van der Waals surface area contributed by atoms with Crippen LogP contribution in [0.3, 0.4) is 0 Å². The summed E-state index contributed by atoms with van der Waals surface area (Å²) < 4.78 is 0. The largest absolute Gasteiger partial charge is 0.397 e. The molecule has 1 aromatic rings. The zero-order chi connectivity index (χ0) is 11.4. The van der Waals surface area contributed by atoms with Crippen molar-refractivity contribution in [1.29, 1.82) is 0 Å². The SMILES string of the molecule is Nc1cncc(NC2(CO)CCCCC2)c1. The molecule has 0 saturated heterocycles. The van der Waals surface area contributed by atoms with Gasteiger partial charge in [-0.2, -0.15) is 0 Å². The second kappa shape index (κ2) is 4.70. The van der Waals surface area contributed by atoms with E-state index in [9.17, 15) is 5.11 Å². The van der Waals surface area contributed by atoms with Gasteiger partial charge in [-0.15, -0.1) is 0 Å². The lowest BCUT2D eigenvalue weighted by Gasteiger charge is -2.37. The maximum atomic E-state index is 9.56. The third-order valence-electron chi connectivity index (χ3n) is 3.28. The van der Waals surface area contributed by atoms with Crippen molar-refractivity contribution >= 4 is 11.4 Å². The van der Waals surface area contributed by atoms with Crippen LogP contribution in [0.2, 0.25) is 0 Å². The summed E-state index contributed by atoms with van der Waals surface area (Å²) in [5.41, 5.74) is 7.06. The summed E-state index contributed by atoms with van der Waals surface area (Å²) in [6.07, 6.45) is 9.00. The molecule has 0 aromatic carbocycles. The number of aromatic nitrogens is 1. The van der Waals surface area contributed by atoms with E-state index in [0.29, 0.717) is 5.69 Å². The van der Waals surface area contributed by atoms with Crippen LogP contribution in [0.15, 0.2) is 18.5 Å². The molecule has 4 nitrogen and oxygen atoms in total. The van der Waals surface area contributed by atoms with E-state index in [0.717, 1.165) is 18.5 Å². The lowest BCUT2D eigenvalue weighted by atomic mass is 9.82. The summed E-state index contributed by atoms with van der Waals surface area (Å²) in [6, 6.07) is 1.86. The van der Waals surface area contributed by atoms with E-state index >= 15 is 0 Å². The molecule has 4 N–H and O–H groups in total. The molecule has 16 heavy (non-hydrogen) atoms. The second-order valence-electron chi connectivity index (χ2n) is 4.63. The topological polar surface area (TPSA) is 71.2 Å². The summed E-state index contributed by atoms with van der Waals surface area (Å²) >= 11 is 0. The van der Waals surface area contributed by atoms with Crippen LogP contribution in [0.5, 0.6) is 0 Å². The number of pyridine rings is 1. The van der Waals surface area contributed by atoms with Crippen LogP contribution in [0.4, 0.5) is 11.4 Å². The highest BCUT2D eigenvalue weighted by molar-refractivity contribution is 5.52. The van der Waals surface area contributed by atoms with Crippen LogP contribution in [0, 0.1) is 0 Å². The van der Waals surface area contributed by atoms with Crippen LogP contribution in [-0.4, -0.2) is 22.2 Å². The van der Waals surface area contributed by atoms with Crippen molar-refractivity contribution in [2.45, 2.75) is 37.6 Å². The molecule has 88 valence electrons. The van der Waals surface area contributed by atoms with Gasteiger partial charge < -0.3 is 16.2 Å². The molecule has 0 atom stereocenters. The molecule has 0 amide bonds. The summed E-state index contributed by atoms with van der Waals surface area (Å²) in [4.78, 5) is 4.05. The molecular formula is C12H19N3O. The van der Waals surface area contributed by atoms with Crippen molar-refractivity contribution in [3.05, 3.63) is 18.5 Å². The van der Waals surface area contributed by atoms with E-state index in [1.54, 1.807) is 12.4 Å². The van der Waals surface area contributed by atoms with Gasteiger partial charge >= 0.3 is 0 Å². The van der Waals surface area contributed by atoms with Gasteiger partial charge in [-0.3, -0.25) is 4.98 Å². The number of nitrogens with one attached hydrogen (secondary N) is 1. The number of hydrogen-bond acceptors (Lipinski definition) is 4. The highest BCUT2D eigenvalue weighted by atomic mass is 16.3. The Labute approximate surface area is 95.9 Å². The Morgan fingerprint density at radius 2 is 2.06 bits per heavy atom. The Hall–Kier alpha value is -1.29. The fourth-order valence-corrected chi connectivity index (χ4v) is 2.38. The van der Waals surface area contributed by atoms with Crippen LogP contribution in [-0.2, 0) is 0 Å². The smallest absolute Gasteiger partial charge is 0.0661 e. The first-order chi connectivity index (χ1) is 7.74. The van der Waals surface area contributed by atoms with E-state index in [-0.39, 0.29) is 12.1 Å². The molecule has 1 aromatic heterocycles.